The van der Waals surface area contributed by atoms with E-state index >= 15 is 0 Å². The van der Waals surface area contributed by atoms with E-state index in [1.54, 1.807) is 0 Å². The van der Waals surface area contributed by atoms with Crippen molar-refractivity contribution in [3.8, 4) is 0 Å². The highest BCUT2D eigenvalue weighted by atomic mass is 16.5. The lowest BCUT2D eigenvalue weighted by Gasteiger charge is -2.09. The Kier molecular flexibility index (Phi) is 4.31. The van der Waals surface area contributed by atoms with E-state index in [-0.39, 0.29) is 12.1 Å². The number of ether oxygens (including phenoxy) is 1. The van der Waals surface area contributed by atoms with Gasteiger partial charge in [-0.1, -0.05) is 62.6 Å². The lowest BCUT2D eigenvalue weighted by atomic mass is 9.99. The maximum atomic E-state index is 12.2. The summed E-state index contributed by atoms with van der Waals surface area (Å²) < 4.78 is 8.04. The van der Waals surface area contributed by atoms with Gasteiger partial charge in [-0.25, -0.2) is 4.79 Å². The summed E-state index contributed by atoms with van der Waals surface area (Å²) >= 11 is 0. The third-order valence-corrected chi connectivity index (χ3v) is 5.04. The van der Waals surface area contributed by atoms with E-state index in [9.17, 15) is 4.79 Å². The normalized spacial score (nSPS) is 16.2. The van der Waals surface area contributed by atoms with Crippen LogP contribution < -0.4 is 0 Å². The Morgan fingerprint density at radius 1 is 0.960 bits per heavy atom. The minimum atomic E-state index is -0.300. The Morgan fingerprint density at radius 2 is 1.76 bits per heavy atom. The molecule has 1 unspecified atom stereocenters. The molecule has 0 amide bonds. The molecule has 0 radical (unpaired) electrons. The lowest BCUT2D eigenvalue weighted by Crippen LogP contribution is -2.00. The van der Waals surface area contributed by atoms with Crippen LogP contribution in [0, 0.1) is 0 Å². The first-order valence-electron chi connectivity index (χ1n) is 9.17. The summed E-state index contributed by atoms with van der Waals surface area (Å²) in [7, 11) is 0. The maximum Gasteiger partial charge on any atom is 0.339 e. The van der Waals surface area contributed by atoms with E-state index in [0.717, 1.165) is 17.7 Å². The molecule has 0 N–H and O–H groups in total. The van der Waals surface area contributed by atoms with E-state index in [0.29, 0.717) is 5.56 Å². The van der Waals surface area contributed by atoms with Crippen LogP contribution in [0.3, 0.4) is 0 Å². The summed E-state index contributed by atoms with van der Waals surface area (Å²) in [5.41, 5.74) is 3.97. The average Bonchev–Trinajstić information content (AvgIpc) is 3.18. The second-order valence-electron chi connectivity index (χ2n) is 6.73. The van der Waals surface area contributed by atoms with E-state index in [1.165, 1.54) is 36.6 Å². The fraction of sp³-hybridized carbons (Fsp3) is 0.318. The molecule has 25 heavy (non-hydrogen) atoms. The van der Waals surface area contributed by atoms with Gasteiger partial charge in [0.05, 0.1) is 5.56 Å². The van der Waals surface area contributed by atoms with Crippen molar-refractivity contribution < 1.29 is 9.53 Å². The highest BCUT2D eigenvalue weighted by molar-refractivity contribution is 5.96. The van der Waals surface area contributed by atoms with E-state index in [1.807, 2.05) is 24.3 Å². The molecule has 128 valence electrons. The fourth-order valence-electron chi connectivity index (χ4n) is 3.75. The van der Waals surface area contributed by atoms with E-state index in [2.05, 4.69) is 42.0 Å². The van der Waals surface area contributed by atoms with Crippen LogP contribution in [-0.4, -0.2) is 10.5 Å². The fourth-order valence-corrected chi connectivity index (χ4v) is 3.75. The van der Waals surface area contributed by atoms with Gasteiger partial charge >= 0.3 is 5.97 Å². The Balaban J connectivity index is 1.72. The van der Waals surface area contributed by atoms with Crippen molar-refractivity contribution in [1.29, 1.82) is 0 Å². The van der Waals surface area contributed by atoms with Gasteiger partial charge in [-0.15, -0.1) is 0 Å². The number of hydrogen-bond donors (Lipinski definition) is 0. The molecule has 1 aliphatic rings. The van der Waals surface area contributed by atoms with E-state index in [4.69, 9.17) is 4.74 Å². The van der Waals surface area contributed by atoms with Crippen molar-refractivity contribution in [3.05, 3.63) is 71.4 Å². The van der Waals surface area contributed by atoms with Crippen LogP contribution in [0.1, 0.15) is 60.2 Å². The zero-order valence-electron chi connectivity index (χ0n) is 14.6. The number of rotatable bonds is 6. The molecule has 3 nitrogen and oxygen atoms in total. The van der Waals surface area contributed by atoms with Crippen molar-refractivity contribution in [3.63, 3.8) is 0 Å². The van der Waals surface area contributed by atoms with Gasteiger partial charge in [0.2, 0.25) is 0 Å². The Labute approximate surface area is 148 Å². The Bertz CT molecular complexity index is 909. The Morgan fingerprint density at radius 3 is 2.64 bits per heavy atom. The highest BCUT2D eigenvalue weighted by Crippen LogP contribution is 2.39. The molecule has 0 bridgehead atoms. The molecule has 0 aliphatic carbocycles. The van der Waals surface area contributed by atoms with Gasteiger partial charge in [0.1, 0.15) is 0 Å². The summed E-state index contributed by atoms with van der Waals surface area (Å²) in [6, 6.07) is 16.1. The molecule has 0 saturated heterocycles. The zero-order valence-corrected chi connectivity index (χ0v) is 14.6. The van der Waals surface area contributed by atoms with Gasteiger partial charge in [-0.2, -0.15) is 0 Å². The van der Waals surface area contributed by atoms with Gasteiger partial charge in [-0.3, -0.25) is 0 Å². The molecule has 0 spiro atoms. The zero-order chi connectivity index (χ0) is 17.2. The summed E-state index contributed by atoms with van der Waals surface area (Å²) in [5.74, 6) is -0.222. The first kappa shape index (κ1) is 15.9. The van der Waals surface area contributed by atoms with Crippen molar-refractivity contribution in [2.75, 3.05) is 0 Å². The number of aryl methyl sites for hydroxylation is 1. The maximum absolute atomic E-state index is 12.2. The van der Waals surface area contributed by atoms with Crippen LogP contribution in [0.25, 0.3) is 10.9 Å². The third-order valence-electron chi connectivity index (χ3n) is 5.04. The second-order valence-corrected chi connectivity index (χ2v) is 6.73. The first-order valence-corrected chi connectivity index (χ1v) is 9.17. The molecule has 3 aromatic rings. The van der Waals surface area contributed by atoms with Gasteiger partial charge in [0.15, 0.2) is 6.10 Å². The second kappa shape index (κ2) is 6.75. The number of unbranched alkanes of at least 4 members (excludes halogenated alkanes) is 3. The molecular weight excluding hydrogens is 310 g/mol. The van der Waals surface area contributed by atoms with Crippen LogP contribution in [-0.2, 0) is 11.3 Å². The predicted octanol–water partition coefficient (Wildman–Crippen LogP) is 5.48. The SMILES string of the molecule is CCCCCCn1cc(C2OC(=O)c3ccccc32)c2ccccc21. The van der Waals surface area contributed by atoms with Crippen LogP contribution in [0.4, 0.5) is 0 Å². The molecule has 0 fully saturated rings. The highest BCUT2D eigenvalue weighted by Gasteiger charge is 2.33. The topological polar surface area (TPSA) is 31.2 Å². The third kappa shape index (κ3) is 2.84. The first-order chi connectivity index (χ1) is 12.3. The summed E-state index contributed by atoms with van der Waals surface area (Å²) in [5, 5.41) is 1.17. The molecule has 1 aliphatic heterocycles. The standard InChI is InChI=1S/C22H23NO2/c1-2-3-4-9-14-23-15-19(16-10-7-8-13-20(16)23)21-17-11-5-6-12-18(17)22(24)25-21/h5-8,10-13,15,21H,2-4,9,14H2,1H3. The number of carbonyl (C=O) groups excluding carboxylic acids is 1. The van der Waals surface area contributed by atoms with Crippen molar-refractivity contribution in [1.82, 2.24) is 4.57 Å². The number of carbonyl (C=O) groups is 1. The van der Waals surface area contributed by atoms with Crippen molar-refractivity contribution in [2.24, 2.45) is 0 Å². The number of benzene rings is 2. The smallest absolute Gasteiger partial charge is 0.339 e. The molecular formula is C22H23NO2. The molecule has 0 saturated carbocycles. The van der Waals surface area contributed by atoms with Crippen molar-refractivity contribution >= 4 is 16.9 Å². The monoisotopic (exact) mass is 333 g/mol. The average molecular weight is 333 g/mol. The number of hydrogen-bond acceptors (Lipinski definition) is 2. The predicted molar refractivity (Wildman–Crippen MR) is 99.8 cm³/mol. The van der Waals surface area contributed by atoms with Gasteiger partial charge in [-0.05, 0) is 18.6 Å². The van der Waals surface area contributed by atoms with Crippen LogP contribution in [0.15, 0.2) is 54.7 Å². The van der Waals surface area contributed by atoms with Crippen LogP contribution in [0.5, 0.6) is 0 Å². The van der Waals surface area contributed by atoms with Gasteiger partial charge < -0.3 is 9.30 Å². The van der Waals surface area contributed by atoms with Crippen LogP contribution >= 0.6 is 0 Å². The summed E-state index contributed by atoms with van der Waals surface area (Å²) in [6.07, 6.45) is 6.82. The number of nitrogens with zero attached hydrogens (tertiary/aromatic N) is 1. The minimum Gasteiger partial charge on any atom is -0.449 e. The molecule has 2 heterocycles. The van der Waals surface area contributed by atoms with Gasteiger partial charge in [0.25, 0.3) is 0 Å². The largest absolute Gasteiger partial charge is 0.449 e. The molecule has 2 aromatic carbocycles. The minimum absolute atomic E-state index is 0.222. The molecule has 4 rings (SSSR count). The van der Waals surface area contributed by atoms with E-state index < -0.39 is 0 Å². The summed E-state index contributed by atoms with van der Waals surface area (Å²) in [6.45, 7) is 3.23. The van der Waals surface area contributed by atoms with Gasteiger partial charge in [0, 0.05) is 34.8 Å². The Hall–Kier alpha value is -2.55. The quantitative estimate of drug-likeness (QED) is 0.442. The lowest BCUT2D eigenvalue weighted by molar-refractivity contribution is 0.0457. The number of esters is 1. The summed E-state index contributed by atoms with van der Waals surface area (Å²) in [4.78, 5) is 12.2. The molecule has 1 aromatic heterocycles. The number of cyclic esters (lactones) is 1. The van der Waals surface area contributed by atoms with Crippen LogP contribution in [0.2, 0.25) is 0 Å². The number of aromatic nitrogens is 1. The molecule has 3 heteroatoms. The number of fused-ring (bicyclic) bond motifs is 2. The van der Waals surface area contributed by atoms with Crippen molar-refractivity contribution in [2.45, 2.75) is 45.3 Å². The molecule has 1 atom stereocenters. The number of para-hydroxylation sites is 1.